The lowest BCUT2D eigenvalue weighted by molar-refractivity contribution is -0.145. The molecule has 174 valence electrons. The van der Waals surface area contributed by atoms with Crippen LogP contribution < -0.4 is 9.47 Å². The highest BCUT2D eigenvalue weighted by molar-refractivity contribution is 14.1. The maximum atomic E-state index is 12.7. The molecule has 0 aromatic heterocycles. The zero-order valence-corrected chi connectivity index (χ0v) is 23.1. The van der Waals surface area contributed by atoms with Gasteiger partial charge in [0.2, 0.25) is 0 Å². The molecule has 0 N–H and O–H groups in total. The van der Waals surface area contributed by atoms with E-state index in [9.17, 15) is 14.4 Å². The van der Waals surface area contributed by atoms with Crippen molar-refractivity contribution in [3.63, 3.8) is 0 Å². The second kappa shape index (κ2) is 12.1. The Morgan fingerprint density at radius 3 is 2.45 bits per heavy atom. The Bertz CT molecular complexity index is 1090. The highest BCUT2D eigenvalue weighted by Gasteiger charge is 2.36. The Morgan fingerprint density at radius 1 is 1.06 bits per heavy atom. The van der Waals surface area contributed by atoms with Gasteiger partial charge in [-0.3, -0.25) is 19.3 Å². The monoisotopic (exact) mass is 693 g/mol. The van der Waals surface area contributed by atoms with Gasteiger partial charge >= 0.3 is 5.97 Å². The van der Waals surface area contributed by atoms with Gasteiger partial charge < -0.3 is 14.2 Å². The summed E-state index contributed by atoms with van der Waals surface area (Å²) < 4.78 is 18.6. The van der Waals surface area contributed by atoms with E-state index in [0.717, 1.165) is 29.4 Å². The molecule has 10 heteroatoms. The predicted molar refractivity (Wildman–Crippen MR) is 143 cm³/mol. The first-order chi connectivity index (χ1) is 15.8. The lowest BCUT2D eigenvalue weighted by atomic mass is 10.1. The zero-order chi connectivity index (χ0) is 24.0. The number of halogens is 2. The molecule has 0 unspecified atom stereocenters. The third kappa shape index (κ3) is 6.85. The van der Waals surface area contributed by atoms with Gasteiger partial charge in [0.25, 0.3) is 11.1 Å². The average Bonchev–Trinajstić information content (AvgIpc) is 3.02. The van der Waals surface area contributed by atoms with Crippen molar-refractivity contribution in [1.82, 2.24) is 4.90 Å². The van der Waals surface area contributed by atoms with Crippen molar-refractivity contribution in [3.05, 3.63) is 59.6 Å². The molecule has 2 amide bonds. The number of ether oxygens (including phenoxy) is 3. The molecule has 0 saturated carbocycles. The molecular weight excluding hydrogens is 672 g/mol. The summed E-state index contributed by atoms with van der Waals surface area (Å²) in [5.74, 6) is 0.0180. The van der Waals surface area contributed by atoms with E-state index in [1.165, 1.54) is 0 Å². The summed E-state index contributed by atoms with van der Waals surface area (Å²) >= 11 is 5.20. The predicted octanol–water partition coefficient (Wildman–Crippen LogP) is 5.47. The molecule has 2 aromatic carbocycles. The van der Waals surface area contributed by atoms with Crippen molar-refractivity contribution in [1.29, 1.82) is 0 Å². The second-order valence-corrected chi connectivity index (χ2v) is 10.2. The molecule has 1 aliphatic heterocycles. The van der Waals surface area contributed by atoms with Gasteiger partial charge in [-0.15, -0.1) is 0 Å². The van der Waals surface area contributed by atoms with Gasteiger partial charge in [-0.05, 0) is 112 Å². The standard InChI is InChI=1S/C23H21I2NO6S/c1-3-30-18-10-15(9-17(25)21(18)32-13-14-5-7-16(24)8-6-14)11-19-22(28)26(23(29)33-19)12-20(27)31-4-2/h5-11H,3-4,12-13H2,1-2H3/b19-11+. The summed E-state index contributed by atoms with van der Waals surface area (Å²) in [5, 5.41) is -0.503. The van der Waals surface area contributed by atoms with Gasteiger partial charge in [-0.1, -0.05) is 12.1 Å². The van der Waals surface area contributed by atoms with Crippen molar-refractivity contribution < 1.29 is 28.6 Å². The Labute approximate surface area is 223 Å². The molecule has 0 radical (unpaired) electrons. The largest absolute Gasteiger partial charge is 0.490 e. The van der Waals surface area contributed by atoms with Gasteiger partial charge in [0.05, 0.1) is 21.7 Å². The second-order valence-electron chi connectivity index (χ2n) is 6.75. The van der Waals surface area contributed by atoms with Crippen molar-refractivity contribution in [2.75, 3.05) is 19.8 Å². The highest BCUT2D eigenvalue weighted by Crippen LogP contribution is 2.38. The van der Waals surface area contributed by atoms with Crippen LogP contribution in [0.15, 0.2) is 41.3 Å². The smallest absolute Gasteiger partial charge is 0.326 e. The Hall–Kier alpha value is -1.80. The summed E-state index contributed by atoms with van der Waals surface area (Å²) in [6, 6.07) is 11.7. The summed E-state index contributed by atoms with van der Waals surface area (Å²) in [4.78, 5) is 37.7. The molecule has 1 heterocycles. The van der Waals surface area contributed by atoms with E-state index in [1.807, 2.05) is 37.3 Å². The van der Waals surface area contributed by atoms with Crippen LogP contribution in [0.3, 0.4) is 0 Å². The fourth-order valence-corrected chi connectivity index (χ4v) is 4.91. The fraction of sp³-hybridized carbons (Fsp3) is 0.261. The molecular formula is C23H21I2NO6S. The van der Waals surface area contributed by atoms with E-state index in [1.54, 1.807) is 19.1 Å². The van der Waals surface area contributed by atoms with Crippen LogP contribution in [0.25, 0.3) is 6.08 Å². The average molecular weight is 693 g/mol. The normalized spacial score (nSPS) is 14.7. The lowest BCUT2D eigenvalue weighted by Crippen LogP contribution is -2.34. The molecule has 1 fully saturated rings. The van der Waals surface area contributed by atoms with Gasteiger partial charge in [0.15, 0.2) is 11.5 Å². The minimum Gasteiger partial charge on any atom is -0.490 e. The van der Waals surface area contributed by atoms with Crippen LogP contribution in [0.4, 0.5) is 4.79 Å². The Morgan fingerprint density at radius 2 is 1.79 bits per heavy atom. The van der Waals surface area contributed by atoms with Crippen LogP contribution in [-0.4, -0.2) is 41.8 Å². The van der Waals surface area contributed by atoms with Crippen molar-refractivity contribution >= 4 is 80.1 Å². The Kier molecular flexibility index (Phi) is 9.44. The number of esters is 1. The fourth-order valence-electron chi connectivity index (χ4n) is 2.93. The molecule has 7 nitrogen and oxygen atoms in total. The number of carbonyl (C=O) groups excluding carboxylic acids is 3. The van der Waals surface area contributed by atoms with Crippen LogP contribution >= 0.6 is 56.9 Å². The van der Waals surface area contributed by atoms with E-state index >= 15 is 0 Å². The number of benzene rings is 2. The number of amides is 2. The molecule has 1 aliphatic rings. The quantitative estimate of drug-likeness (QED) is 0.196. The van der Waals surface area contributed by atoms with Gasteiger partial charge in [0, 0.05) is 3.57 Å². The highest BCUT2D eigenvalue weighted by atomic mass is 127. The van der Waals surface area contributed by atoms with Crippen LogP contribution in [0.2, 0.25) is 0 Å². The topological polar surface area (TPSA) is 82.1 Å². The van der Waals surface area contributed by atoms with E-state index in [0.29, 0.717) is 30.3 Å². The van der Waals surface area contributed by atoms with Crippen molar-refractivity contribution in [2.24, 2.45) is 0 Å². The first-order valence-corrected chi connectivity index (χ1v) is 13.0. The number of hydrogen-bond donors (Lipinski definition) is 0. The third-order valence-corrected chi connectivity index (χ3v) is 6.82. The van der Waals surface area contributed by atoms with Crippen LogP contribution in [0.5, 0.6) is 11.5 Å². The molecule has 0 bridgehead atoms. The lowest BCUT2D eigenvalue weighted by Gasteiger charge is -2.15. The van der Waals surface area contributed by atoms with E-state index in [4.69, 9.17) is 14.2 Å². The minimum absolute atomic E-state index is 0.182. The molecule has 0 spiro atoms. The summed E-state index contributed by atoms with van der Waals surface area (Å²) in [7, 11) is 0. The maximum Gasteiger partial charge on any atom is 0.326 e. The van der Waals surface area contributed by atoms with E-state index in [2.05, 4.69) is 45.2 Å². The minimum atomic E-state index is -0.621. The summed E-state index contributed by atoms with van der Waals surface area (Å²) in [6.07, 6.45) is 1.61. The maximum absolute atomic E-state index is 12.7. The number of rotatable bonds is 9. The van der Waals surface area contributed by atoms with Crippen molar-refractivity contribution in [3.8, 4) is 11.5 Å². The van der Waals surface area contributed by atoms with Crippen LogP contribution in [-0.2, 0) is 20.9 Å². The number of nitrogens with zero attached hydrogens (tertiary/aromatic N) is 1. The third-order valence-electron chi connectivity index (χ3n) is 4.39. The molecule has 3 rings (SSSR count). The van der Waals surface area contributed by atoms with E-state index < -0.39 is 23.7 Å². The number of carbonyl (C=O) groups is 3. The number of hydrogen-bond acceptors (Lipinski definition) is 7. The first kappa shape index (κ1) is 25.8. The van der Waals surface area contributed by atoms with Crippen LogP contribution in [0, 0.1) is 7.14 Å². The molecule has 33 heavy (non-hydrogen) atoms. The molecule has 0 atom stereocenters. The SMILES string of the molecule is CCOC(=O)CN1C(=O)S/C(=C/c2cc(I)c(OCc3ccc(I)cc3)c(OCC)c2)C1=O. The van der Waals surface area contributed by atoms with E-state index in [-0.39, 0.29) is 11.5 Å². The molecule has 0 aliphatic carbocycles. The number of imide groups is 1. The van der Waals surface area contributed by atoms with Crippen LogP contribution in [0.1, 0.15) is 25.0 Å². The summed E-state index contributed by atoms with van der Waals surface area (Å²) in [6.45, 7) is 4.15. The summed E-state index contributed by atoms with van der Waals surface area (Å²) in [5.41, 5.74) is 1.72. The molecule has 2 aromatic rings. The first-order valence-electron chi connectivity index (χ1n) is 10.1. The molecule has 1 saturated heterocycles. The van der Waals surface area contributed by atoms with Gasteiger partial charge in [-0.25, -0.2) is 0 Å². The van der Waals surface area contributed by atoms with Gasteiger partial charge in [0.1, 0.15) is 13.2 Å². The Balaban J connectivity index is 1.81. The van der Waals surface area contributed by atoms with Crippen molar-refractivity contribution in [2.45, 2.75) is 20.5 Å². The zero-order valence-electron chi connectivity index (χ0n) is 17.9. The van der Waals surface area contributed by atoms with Gasteiger partial charge in [-0.2, -0.15) is 0 Å². The number of thioether (sulfide) groups is 1.